The molecule has 1 aliphatic rings. The van der Waals surface area contributed by atoms with Gasteiger partial charge in [0, 0.05) is 19.9 Å². The van der Waals surface area contributed by atoms with E-state index in [9.17, 15) is 13.2 Å². The lowest BCUT2D eigenvalue weighted by atomic mass is 10.2. The molecule has 1 fully saturated rings. The fourth-order valence-corrected chi connectivity index (χ4v) is 3.32. The molecule has 0 amide bonds. The standard InChI is InChI=1S/C12H15NO4S/c1-9-3-5-11(6-4-9)18(15,16)13-8-7-12(13)17-10(2)14/h3-6,12H,7-8H2,1-2H3. The minimum atomic E-state index is -3.56. The molecule has 0 aliphatic carbocycles. The Morgan fingerprint density at radius 3 is 2.39 bits per heavy atom. The maximum atomic E-state index is 12.3. The molecule has 0 N–H and O–H groups in total. The quantitative estimate of drug-likeness (QED) is 0.775. The van der Waals surface area contributed by atoms with E-state index in [1.807, 2.05) is 6.92 Å². The van der Waals surface area contributed by atoms with Crippen molar-refractivity contribution in [1.82, 2.24) is 4.31 Å². The Morgan fingerprint density at radius 2 is 1.94 bits per heavy atom. The first-order valence-electron chi connectivity index (χ1n) is 5.67. The predicted molar refractivity (Wildman–Crippen MR) is 65.2 cm³/mol. The van der Waals surface area contributed by atoms with Gasteiger partial charge in [0.05, 0.1) is 4.90 Å². The van der Waals surface area contributed by atoms with E-state index in [-0.39, 0.29) is 4.90 Å². The molecule has 0 radical (unpaired) electrons. The highest BCUT2D eigenvalue weighted by atomic mass is 32.2. The first kappa shape index (κ1) is 13.0. The second-order valence-corrected chi connectivity index (χ2v) is 6.17. The summed E-state index contributed by atoms with van der Waals surface area (Å²) in [5.74, 6) is -0.469. The minimum Gasteiger partial charge on any atom is -0.445 e. The Balaban J connectivity index is 2.21. The maximum Gasteiger partial charge on any atom is 0.304 e. The van der Waals surface area contributed by atoms with Crippen molar-refractivity contribution in [3.8, 4) is 0 Å². The first-order valence-corrected chi connectivity index (χ1v) is 7.11. The number of sulfonamides is 1. The van der Waals surface area contributed by atoms with Crippen LogP contribution in [0.3, 0.4) is 0 Å². The smallest absolute Gasteiger partial charge is 0.304 e. The minimum absolute atomic E-state index is 0.227. The lowest BCUT2D eigenvalue weighted by Gasteiger charge is -2.38. The van der Waals surface area contributed by atoms with Gasteiger partial charge in [0.1, 0.15) is 0 Å². The van der Waals surface area contributed by atoms with Crippen LogP contribution in [-0.2, 0) is 19.6 Å². The van der Waals surface area contributed by atoms with Gasteiger partial charge in [-0.05, 0) is 19.1 Å². The zero-order valence-corrected chi connectivity index (χ0v) is 11.1. The molecule has 1 saturated heterocycles. The molecule has 98 valence electrons. The van der Waals surface area contributed by atoms with Gasteiger partial charge in [-0.2, -0.15) is 4.31 Å². The summed E-state index contributed by atoms with van der Waals surface area (Å²) in [6.45, 7) is 3.55. The topological polar surface area (TPSA) is 63.7 Å². The zero-order chi connectivity index (χ0) is 13.3. The Morgan fingerprint density at radius 1 is 1.33 bits per heavy atom. The van der Waals surface area contributed by atoms with Crippen LogP contribution in [-0.4, -0.2) is 31.5 Å². The van der Waals surface area contributed by atoms with Crippen LogP contribution in [0.25, 0.3) is 0 Å². The molecule has 1 unspecified atom stereocenters. The molecule has 0 spiro atoms. The normalized spacial score (nSPS) is 20.2. The molecule has 18 heavy (non-hydrogen) atoms. The molecule has 0 aromatic heterocycles. The second kappa shape index (κ2) is 4.70. The molecule has 1 aromatic rings. The average molecular weight is 269 g/mol. The van der Waals surface area contributed by atoms with E-state index in [1.54, 1.807) is 24.3 Å². The average Bonchev–Trinajstić information content (AvgIpc) is 2.24. The Hall–Kier alpha value is -1.40. The van der Waals surface area contributed by atoms with Crippen molar-refractivity contribution in [2.45, 2.75) is 31.4 Å². The summed E-state index contributed by atoms with van der Waals surface area (Å²) < 4.78 is 30.7. The van der Waals surface area contributed by atoms with Crippen molar-refractivity contribution >= 4 is 16.0 Å². The van der Waals surface area contributed by atoms with Crippen LogP contribution in [0.1, 0.15) is 18.9 Å². The lowest BCUT2D eigenvalue weighted by Crippen LogP contribution is -2.52. The Bertz CT molecular complexity index is 550. The third-order valence-corrected chi connectivity index (χ3v) is 4.75. The summed E-state index contributed by atoms with van der Waals surface area (Å²) in [5.41, 5.74) is 0.995. The molecule has 1 atom stereocenters. The van der Waals surface area contributed by atoms with E-state index in [2.05, 4.69) is 0 Å². The number of nitrogens with zero attached hydrogens (tertiary/aromatic N) is 1. The number of hydrogen-bond acceptors (Lipinski definition) is 4. The molecule has 0 saturated carbocycles. The molecule has 1 aliphatic heterocycles. The van der Waals surface area contributed by atoms with Gasteiger partial charge < -0.3 is 4.74 Å². The molecule has 0 bridgehead atoms. The van der Waals surface area contributed by atoms with Gasteiger partial charge in [0.2, 0.25) is 10.0 Å². The number of carbonyl (C=O) groups excluding carboxylic acids is 1. The molecule has 6 heteroatoms. The molecular formula is C12H15NO4S. The van der Waals surface area contributed by atoms with Crippen molar-refractivity contribution in [2.24, 2.45) is 0 Å². The number of ether oxygens (including phenoxy) is 1. The highest BCUT2D eigenvalue weighted by molar-refractivity contribution is 7.89. The van der Waals surface area contributed by atoms with E-state index in [0.717, 1.165) is 5.56 Å². The van der Waals surface area contributed by atoms with Crippen LogP contribution in [0.5, 0.6) is 0 Å². The van der Waals surface area contributed by atoms with Crippen LogP contribution in [0, 0.1) is 6.92 Å². The van der Waals surface area contributed by atoms with Gasteiger partial charge in [0.15, 0.2) is 6.23 Å². The fourth-order valence-electron chi connectivity index (χ4n) is 1.77. The summed E-state index contributed by atoms with van der Waals surface area (Å²) in [4.78, 5) is 11.1. The third kappa shape index (κ3) is 2.39. The lowest BCUT2D eigenvalue weighted by molar-refractivity contribution is -0.159. The summed E-state index contributed by atoms with van der Waals surface area (Å²) >= 11 is 0. The van der Waals surface area contributed by atoms with Crippen molar-refractivity contribution in [2.75, 3.05) is 6.54 Å². The van der Waals surface area contributed by atoms with E-state index in [4.69, 9.17) is 4.74 Å². The largest absolute Gasteiger partial charge is 0.445 e. The number of aryl methyl sites for hydroxylation is 1. The molecule has 1 aromatic carbocycles. The van der Waals surface area contributed by atoms with Crippen LogP contribution < -0.4 is 0 Å². The van der Waals surface area contributed by atoms with Gasteiger partial charge in [-0.25, -0.2) is 8.42 Å². The summed E-state index contributed by atoms with van der Waals surface area (Å²) in [6.07, 6.45) is -0.112. The van der Waals surface area contributed by atoms with E-state index >= 15 is 0 Å². The van der Waals surface area contributed by atoms with Crippen molar-refractivity contribution in [3.05, 3.63) is 29.8 Å². The molecular weight excluding hydrogens is 254 g/mol. The molecule has 5 nitrogen and oxygen atoms in total. The predicted octanol–water partition coefficient (Wildman–Crippen LogP) is 1.28. The van der Waals surface area contributed by atoms with E-state index < -0.39 is 22.2 Å². The Kier molecular flexibility index (Phi) is 3.41. The Labute approximate surface area is 106 Å². The van der Waals surface area contributed by atoms with Crippen LogP contribution >= 0.6 is 0 Å². The number of esters is 1. The summed E-state index contributed by atoms with van der Waals surface area (Å²) in [5, 5.41) is 0. The van der Waals surface area contributed by atoms with Gasteiger partial charge in [0.25, 0.3) is 0 Å². The number of rotatable bonds is 3. The van der Waals surface area contributed by atoms with Gasteiger partial charge >= 0.3 is 5.97 Å². The molecule has 2 rings (SSSR count). The zero-order valence-electron chi connectivity index (χ0n) is 10.3. The number of hydrogen-bond donors (Lipinski definition) is 0. The van der Waals surface area contributed by atoms with E-state index in [1.165, 1.54) is 11.2 Å². The third-order valence-electron chi connectivity index (χ3n) is 2.85. The highest BCUT2D eigenvalue weighted by Gasteiger charge is 2.40. The van der Waals surface area contributed by atoms with E-state index in [0.29, 0.717) is 13.0 Å². The number of carbonyl (C=O) groups is 1. The monoisotopic (exact) mass is 269 g/mol. The van der Waals surface area contributed by atoms with Gasteiger partial charge in [-0.1, -0.05) is 17.7 Å². The van der Waals surface area contributed by atoms with Gasteiger partial charge in [-0.3, -0.25) is 4.79 Å². The van der Waals surface area contributed by atoms with Crippen molar-refractivity contribution in [1.29, 1.82) is 0 Å². The first-order chi connectivity index (χ1) is 8.41. The summed E-state index contributed by atoms with van der Waals surface area (Å²) in [7, 11) is -3.56. The number of benzene rings is 1. The highest BCUT2D eigenvalue weighted by Crippen LogP contribution is 2.27. The van der Waals surface area contributed by atoms with Crippen LogP contribution in [0.15, 0.2) is 29.2 Å². The summed E-state index contributed by atoms with van der Waals surface area (Å²) in [6, 6.07) is 6.61. The SMILES string of the molecule is CC(=O)OC1CCN1S(=O)(=O)c1ccc(C)cc1. The van der Waals surface area contributed by atoms with Crippen molar-refractivity contribution in [3.63, 3.8) is 0 Å². The molecule has 1 heterocycles. The van der Waals surface area contributed by atoms with Gasteiger partial charge in [-0.15, -0.1) is 0 Å². The second-order valence-electron chi connectivity index (χ2n) is 4.28. The maximum absolute atomic E-state index is 12.3. The fraction of sp³-hybridized carbons (Fsp3) is 0.417. The van der Waals surface area contributed by atoms with Crippen LogP contribution in [0.4, 0.5) is 0 Å². The van der Waals surface area contributed by atoms with Crippen LogP contribution in [0.2, 0.25) is 0 Å². The van der Waals surface area contributed by atoms with Crippen molar-refractivity contribution < 1.29 is 17.9 Å².